The van der Waals surface area contributed by atoms with E-state index in [9.17, 15) is 4.79 Å². The van der Waals surface area contributed by atoms with Crippen LogP contribution in [0.1, 0.15) is 54.9 Å². The molecule has 0 heterocycles. The number of hydrogen-bond donors (Lipinski definition) is 2. The molecule has 2 unspecified atom stereocenters. The summed E-state index contributed by atoms with van der Waals surface area (Å²) < 4.78 is 4.80. The number of methoxy groups -OCH3 is 1. The molecule has 4 heteroatoms. The molecule has 116 valence electrons. The van der Waals surface area contributed by atoms with Crippen molar-refractivity contribution in [1.29, 1.82) is 0 Å². The van der Waals surface area contributed by atoms with Gasteiger partial charge in [-0.15, -0.1) is 0 Å². The van der Waals surface area contributed by atoms with Crippen molar-refractivity contribution in [3.63, 3.8) is 0 Å². The predicted molar refractivity (Wildman–Crippen MR) is 86.6 cm³/mol. The minimum Gasteiger partial charge on any atom is -0.465 e. The van der Waals surface area contributed by atoms with Crippen molar-refractivity contribution in [2.75, 3.05) is 18.2 Å². The smallest absolute Gasteiger partial charge is 0.340 e. The topological polar surface area (TPSA) is 64.3 Å². The third-order valence-electron chi connectivity index (χ3n) is 4.52. The molecule has 4 nitrogen and oxygen atoms in total. The molecule has 1 aromatic carbocycles. The highest BCUT2D eigenvalue weighted by Gasteiger charge is 2.21. The third kappa shape index (κ3) is 3.69. The fraction of sp³-hybridized carbons (Fsp3) is 0.588. The average molecular weight is 290 g/mol. The van der Waals surface area contributed by atoms with Gasteiger partial charge in [-0.1, -0.05) is 26.2 Å². The molecular weight excluding hydrogens is 264 g/mol. The summed E-state index contributed by atoms with van der Waals surface area (Å²) in [5.74, 6) is 0.431. The number of nitrogen functional groups attached to an aromatic ring is 1. The Kier molecular flexibility index (Phi) is 5.10. The van der Waals surface area contributed by atoms with Crippen molar-refractivity contribution in [3.8, 4) is 0 Å². The zero-order valence-electron chi connectivity index (χ0n) is 13.2. The number of hydrogen-bond acceptors (Lipinski definition) is 4. The van der Waals surface area contributed by atoms with Crippen molar-refractivity contribution in [3.05, 3.63) is 23.3 Å². The van der Waals surface area contributed by atoms with Crippen LogP contribution in [-0.4, -0.2) is 19.1 Å². The molecule has 1 aliphatic rings. The number of esters is 1. The average Bonchev–Trinajstić information content (AvgIpc) is 2.50. The van der Waals surface area contributed by atoms with E-state index in [1.807, 2.05) is 19.1 Å². The summed E-state index contributed by atoms with van der Waals surface area (Å²) in [6.07, 6.45) is 6.24. The molecular formula is C17H26N2O2. The molecule has 1 fully saturated rings. The Morgan fingerprint density at radius 2 is 2.19 bits per heavy atom. The second-order valence-corrected chi connectivity index (χ2v) is 6.03. The van der Waals surface area contributed by atoms with Gasteiger partial charge in [-0.05, 0) is 43.4 Å². The minimum atomic E-state index is -0.380. The van der Waals surface area contributed by atoms with Crippen LogP contribution < -0.4 is 11.1 Å². The maximum atomic E-state index is 11.8. The number of carbonyl (C=O) groups is 1. The van der Waals surface area contributed by atoms with E-state index < -0.39 is 0 Å². The van der Waals surface area contributed by atoms with Crippen LogP contribution >= 0.6 is 0 Å². The lowest BCUT2D eigenvalue weighted by atomic mass is 9.84. The fourth-order valence-electron chi connectivity index (χ4n) is 3.19. The van der Waals surface area contributed by atoms with Crippen molar-refractivity contribution in [1.82, 2.24) is 0 Å². The molecule has 0 radical (unpaired) electrons. The first kappa shape index (κ1) is 15.7. The molecule has 1 aromatic rings. The number of nitrogens with one attached hydrogen (secondary N) is 1. The second-order valence-electron chi connectivity index (χ2n) is 6.03. The highest BCUT2D eigenvalue weighted by Crippen LogP contribution is 2.30. The van der Waals surface area contributed by atoms with Crippen molar-refractivity contribution < 1.29 is 9.53 Å². The third-order valence-corrected chi connectivity index (χ3v) is 4.52. The highest BCUT2D eigenvalue weighted by atomic mass is 16.5. The van der Waals surface area contributed by atoms with E-state index in [2.05, 4.69) is 12.2 Å². The molecule has 3 N–H and O–H groups in total. The van der Waals surface area contributed by atoms with Crippen LogP contribution in [0.4, 0.5) is 11.4 Å². The van der Waals surface area contributed by atoms with Crippen molar-refractivity contribution in [2.45, 2.75) is 52.0 Å². The molecule has 0 bridgehead atoms. The van der Waals surface area contributed by atoms with Gasteiger partial charge in [0.2, 0.25) is 0 Å². The van der Waals surface area contributed by atoms with Crippen LogP contribution in [0.5, 0.6) is 0 Å². The summed E-state index contributed by atoms with van der Waals surface area (Å²) in [5.41, 5.74) is 8.79. The number of rotatable bonds is 4. The molecule has 21 heavy (non-hydrogen) atoms. The minimum absolute atomic E-state index is 0.380. The van der Waals surface area contributed by atoms with E-state index in [1.165, 1.54) is 39.2 Å². The van der Waals surface area contributed by atoms with Gasteiger partial charge in [0.25, 0.3) is 0 Å². The Bertz CT molecular complexity index is 514. The normalized spacial score (nSPS) is 21.9. The van der Waals surface area contributed by atoms with Crippen LogP contribution in [0.2, 0.25) is 0 Å². The van der Waals surface area contributed by atoms with Crippen molar-refractivity contribution >= 4 is 17.3 Å². The summed E-state index contributed by atoms with van der Waals surface area (Å²) in [7, 11) is 1.38. The Balaban J connectivity index is 2.16. The van der Waals surface area contributed by atoms with E-state index in [0.29, 0.717) is 17.3 Å². The Labute approximate surface area is 127 Å². The summed E-state index contributed by atoms with van der Waals surface area (Å²) in [5, 5.41) is 3.57. The van der Waals surface area contributed by atoms with Crippen LogP contribution in [0.25, 0.3) is 0 Å². The molecule has 1 aliphatic carbocycles. The lowest BCUT2D eigenvalue weighted by Crippen LogP contribution is -2.27. The number of benzene rings is 1. The van der Waals surface area contributed by atoms with E-state index in [4.69, 9.17) is 10.5 Å². The number of anilines is 2. The van der Waals surface area contributed by atoms with Crippen molar-refractivity contribution in [2.24, 2.45) is 5.92 Å². The molecule has 2 rings (SSSR count). The van der Waals surface area contributed by atoms with Gasteiger partial charge in [-0.2, -0.15) is 0 Å². The maximum Gasteiger partial charge on any atom is 0.340 e. The lowest BCUT2D eigenvalue weighted by Gasteiger charge is -2.30. The number of carbonyl (C=O) groups excluding carboxylic acids is 1. The van der Waals surface area contributed by atoms with Crippen LogP contribution in [-0.2, 0) is 4.74 Å². The standard InChI is InChI=1S/C17H26N2O2/c1-4-12-6-5-7-13(9-12)19-14-8-11(2)16(18)15(10-14)17(20)21-3/h8,10,12-13,19H,4-7,9,18H2,1-3H3. The van der Waals surface area contributed by atoms with Gasteiger partial charge in [0.05, 0.1) is 12.7 Å². The number of nitrogens with two attached hydrogens (primary N) is 1. The molecule has 0 saturated heterocycles. The van der Waals surface area contributed by atoms with E-state index in [0.717, 1.165) is 17.2 Å². The second kappa shape index (κ2) is 6.83. The Hall–Kier alpha value is -1.71. The zero-order valence-corrected chi connectivity index (χ0v) is 13.2. The van der Waals surface area contributed by atoms with Crippen LogP contribution in [0, 0.1) is 12.8 Å². The summed E-state index contributed by atoms with van der Waals surface area (Å²) in [6, 6.07) is 4.30. The highest BCUT2D eigenvalue weighted by molar-refractivity contribution is 5.97. The van der Waals surface area contributed by atoms with E-state index in [-0.39, 0.29) is 5.97 Å². The zero-order chi connectivity index (χ0) is 15.4. The van der Waals surface area contributed by atoms with Crippen LogP contribution in [0.3, 0.4) is 0 Å². The molecule has 0 spiro atoms. The number of ether oxygens (including phenoxy) is 1. The van der Waals surface area contributed by atoms with E-state index in [1.54, 1.807) is 0 Å². The van der Waals surface area contributed by atoms with Crippen LogP contribution in [0.15, 0.2) is 12.1 Å². The first-order chi connectivity index (χ1) is 10.0. The first-order valence-corrected chi connectivity index (χ1v) is 7.80. The summed E-state index contributed by atoms with van der Waals surface area (Å²) in [4.78, 5) is 11.8. The molecule has 2 atom stereocenters. The van der Waals surface area contributed by atoms with Gasteiger partial charge in [0.15, 0.2) is 0 Å². The molecule has 0 aromatic heterocycles. The van der Waals surface area contributed by atoms with Gasteiger partial charge in [-0.25, -0.2) is 4.79 Å². The predicted octanol–water partition coefficient (Wildman–Crippen LogP) is 3.74. The fourth-order valence-corrected chi connectivity index (χ4v) is 3.19. The Morgan fingerprint density at radius 3 is 2.86 bits per heavy atom. The summed E-state index contributed by atoms with van der Waals surface area (Å²) in [6.45, 7) is 4.18. The number of aryl methyl sites for hydroxylation is 1. The van der Waals surface area contributed by atoms with Gasteiger partial charge < -0.3 is 15.8 Å². The van der Waals surface area contributed by atoms with Gasteiger partial charge in [-0.3, -0.25) is 0 Å². The quantitative estimate of drug-likeness (QED) is 0.655. The summed E-state index contributed by atoms with van der Waals surface area (Å²) >= 11 is 0. The van der Waals surface area contributed by atoms with E-state index >= 15 is 0 Å². The van der Waals surface area contributed by atoms with Gasteiger partial charge in [0.1, 0.15) is 0 Å². The molecule has 0 amide bonds. The molecule has 1 saturated carbocycles. The Morgan fingerprint density at radius 1 is 1.43 bits per heavy atom. The monoisotopic (exact) mass is 290 g/mol. The van der Waals surface area contributed by atoms with Gasteiger partial charge in [0, 0.05) is 17.4 Å². The SMILES string of the molecule is CCC1CCCC(Nc2cc(C)c(N)c(C(=O)OC)c2)C1. The maximum absolute atomic E-state index is 11.8. The lowest BCUT2D eigenvalue weighted by molar-refractivity contribution is 0.0602. The van der Waals surface area contributed by atoms with Gasteiger partial charge >= 0.3 is 5.97 Å². The largest absolute Gasteiger partial charge is 0.465 e. The molecule has 0 aliphatic heterocycles. The first-order valence-electron chi connectivity index (χ1n) is 7.80.